The van der Waals surface area contributed by atoms with Crippen molar-refractivity contribution in [2.45, 2.75) is 20.8 Å². The number of amides is 1. The van der Waals surface area contributed by atoms with Crippen LogP contribution in [0.3, 0.4) is 0 Å². The lowest BCUT2D eigenvalue weighted by Gasteiger charge is -2.01. The summed E-state index contributed by atoms with van der Waals surface area (Å²) in [4.78, 5) is 15.9. The number of furan rings is 1. The van der Waals surface area contributed by atoms with E-state index in [2.05, 4.69) is 15.5 Å². The van der Waals surface area contributed by atoms with E-state index in [1.807, 2.05) is 19.1 Å². The molecule has 1 N–H and O–H groups in total. The maximum absolute atomic E-state index is 11.9. The molecule has 0 spiro atoms. The van der Waals surface area contributed by atoms with Gasteiger partial charge in [-0.05, 0) is 32.9 Å². The number of aryl methyl sites for hydroxylation is 2. The standard InChI is InChI=1S/C14H15N3O2/c1-9-7-13(11(3)19-9)14(18)17-16-10(2)12-5-4-6-15-8-12/h4-8H,1-3H3,(H,17,18). The first kappa shape index (κ1) is 13.0. The van der Waals surface area contributed by atoms with Gasteiger partial charge >= 0.3 is 0 Å². The number of aromatic nitrogens is 1. The van der Waals surface area contributed by atoms with Crippen LogP contribution < -0.4 is 5.43 Å². The zero-order valence-electron chi connectivity index (χ0n) is 11.1. The van der Waals surface area contributed by atoms with Crippen molar-refractivity contribution < 1.29 is 9.21 Å². The lowest BCUT2D eigenvalue weighted by molar-refractivity contribution is 0.0953. The zero-order valence-corrected chi connectivity index (χ0v) is 11.1. The molecule has 2 aromatic heterocycles. The van der Waals surface area contributed by atoms with Crippen LogP contribution in [0.25, 0.3) is 0 Å². The van der Waals surface area contributed by atoms with Crippen molar-refractivity contribution in [3.63, 3.8) is 0 Å². The molecule has 2 aromatic rings. The van der Waals surface area contributed by atoms with Gasteiger partial charge in [0.25, 0.3) is 5.91 Å². The van der Waals surface area contributed by atoms with Gasteiger partial charge in [0.15, 0.2) is 0 Å². The van der Waals surface area contributed by atoms with E-state index in [4.69, 9.17) is 4.42 Å². The monoisotopic (exact) mass is 257 g/mol. The summed E-state index contributed by atoms with van der Waals surface area (Å²) in [5, 5.41) is 4.06. The normalized spacial score (nSPS) is 11.4. The fourth-order valence-electron chi connectivity index (χ4n) is 1.69. The Morgan fingerprint density at radius 3 is 2.79 bits per heavy atom. The predicted molar refractivity (Wildman–Crippen MR) is 72.1 cm³/mol. The molecule has 19 heavy (non-hydrogen) atoms. The number of hydrogen-bond donors (Lipinski definition) is 1. The van der Waals surface area contributed by atoms with Gasteiger partial charge in [-0.25, -0.2) is 5.43 Å². The van der Waals surface area contributed by atoms with E-state index in [9.17, 15) is 4.79 Å². The first-order valence-corrected chi connectivity index (χ1v) is 5.90. The molecule has 2 rings (SSSR count). The van der Waals surface area contributed by atoms with E-state index in [0.717, 1.165) is 5.56 Å². The van der Waals surface area contributed by atoms with Crippen LogP contribution in [0.15, 0.2) is 40.1 Å². The molecule has 0 saturated heterocycles. The van der Waals surface area contributed by atoms with Crippen molar-refractivity contribution in [3.05, 3.63) is 53.2 Å². The van der Waals surface area contributed by atoms with Crippen LogP contribution in [0.5, 0.6) is 0 Å². The Bertz CT molecular complexity index is 615. The fourth-order valence-corrected chi connectivity index (χ4v) is 1.69. The Morgan fingerprint density at radius 2 is 2.21 bits per heavy atom. The zero-order chi connectivity index (χ0) is 13.8. The lowest BCUT2D eigenvalue weighted by atomic mass is 10.2. The van der Waals surface area contributed by atoms with E-state index < -0.39 is 0 Å². The molecule has 0 aliphatic heterocycles. The highest BCUT2D eigenvalue weighted by Crippen LogP contribution is 2.13. The van der Waals surface area contributed by atoms with Crippen LogP contribution in [0.2, 0.25) is 0 Å². The highest BCUT2D eigenvalue weighted by molar-refractivity contribution is 6.00. The van der Waals surface area contributed by atoms with Crippen molar-refractivity contribution >= 4 is 11.6 Å². The molecule has 0 unspecified atom stereocenters. The van der Waals surface area contributed by atoms with Gasteiger partial charge in [-0.2, -0.15) is 5.10 Å². The number of hydrazone groups is 1. The Hall–Kier alpha value is -2.43. The molecule has 0 saturated carbocycles. The van der Waals surface area contributed by atoms with Gasteiger partial charge in [-0.3, -0.25) is 9.78 Å². The number of pyridine rings is 1. The Morgan fingerprint density at radius 1 is 1.42 bits per heavy atom. The highest BCUT2D eigenvalue weighted by Gasteiger charge is 2.12. The molecular formula is C14H15N3O2. The lowest BCUT2D eigenvalue weighted by Crippen LogP contribution is -2.19. The first-order valence-electron chi connectivity index (χ1n) is 5.90. The van der Waals surface area contributed by atoms with E-state index in [-0.39, 0.29) is 5.91 Å². The molecule has 98 valence electrons. The molecule has 5 nitrogen and oxygen atoms in total. The Balaban J connectivity index is 2.10. The molecule has 5 heteroatoms. The number of rotatable bonds is 3. The molecular weight excluding hydrogens is 242 g/mol. The van der Waals surface area contributed by atoms with Gasteiger partial charge in [0.2, 0.25) is 0 Å². The second-order valence-corrected chi connectivity index (χ2v) is 4.21. The average Bonchev–Trinajstić information content (AvgIpc) is 2.75. The van der Waals surface area contributed by atoms with E-state index in [1.165, 1.54) is 0 Å². The van der Waals surface area contributed by atoms with Gasteiger partial charge < -0.3 is 4.42 Å². The predicted octanol–water partition coefficient (Wildman–Crippen LogP) is 2.45. The summed E-state index contributed by atoms with van der Waals surface area (Å²) in [7, 11) is 0. The molecule has 0 fully saturated rings. The number of hydrogen-bond acceptors (Lipinski definition) is 4. The van der Waals surface area contributed by atoms with Crippen molar-refractivity contribution in [3.8, 4) is 0 Å². The van der Waals surface area contributed by atoms with E-state index in [1.54, 1.807) is 32.3 Å². The maximum atomic E-state index is 11.9. The van der Waals surface area contributed by atoms with Crippen LogP contribution in [0, 0.1) is 13.8 Å². The largest absolute Gasteiger partial charge is 0.466 e. The number of nitrogens with zero attached hydrogens (tertiary/aromatic N) is 2. The summed E-state index contributed by atoms with van der Waals surface area (Å²) in [6.45, 7) is 5.36. The quantitative estimate of drug-likeness (QED) is 0.678. The van der Waals surface area contributed by atoms with Crippen LogP contribution in [0.1, 0.15) is 34.4 Å². The summed E-state index contributed by atoms with van der Waals surface area (Å²) < 4.78 is 5.31. The van der Waals surface area contributed by atoms with Crippen molar-refractivity contribution in [2.24, 2.45) is 5.10 Å². The van der Waals surface area contributed by atoms with Crippen LogP contribution in [-0.2, 0) is 0 Å². The second-order valence-electron chi connectivity index (χ2n) is 4.21. The highest BCUT2D eigenvalue weighted by atomic mass is 16.3. The molecule has 0 bridgehead atoms. The topological polar surface area (TPSA) is 67.5 Å². The third kappa shape index (κ3) is 3.07. The number of nitrogens with one attached hydrogen (secondary N) is 1. The molecule has 1 amide bonds. The van der Waals surface area contributed by atoms with Crippen molar-refractivity contribution in [1.82, 2.24) is 10.4 Å². The van der Waals surface area contributed by atoms with Gasteiger partial charge in [0.1, 0.15) is 11.5 Å². The van der Waals surface area contributed by atoms with Gasteiger partial charge in [0, 0.05) is 18.0 Å². The average molecular weight is 257 g/mol. The Kier molecular flexibility index (Phi) is 3.75. The third-order valence-corrected chi connectivity index (χ3v) is 2.69. The minimum atomic E-state index is -0.280. The Labute approximate surface area is 111 Å². The molecule has 0 atom stereocenters. The van der Waals surface area contributed by atoms with Crippen molar-refractivity contribution in [1.29, 1.82) is 0 Å². The summed E-state index contributed by atoms with van der Waals surface area (Å²) >= 11 is 0. The SMILES string of the molecule is CC(=NNC(=O)c1cc(C)oc1C)c1cccnc1. The van der Waals surface area contributed by atoms with Crippen LogP contribution in [0.4, 0.5) is 0 Å². The van der Waals surface area contributed by atoms with E-state index >= 15 is 0 Å². The van der Waals surface area contributed by atoms with E-state index in [0.29, 0.717) is 22.8 Å². The molecule has 0 aliphatic carbocycles. The first-order chi connectivity index (χ1) is 9.08. The summed E-state index contributed by atoms with van der Waals surface area (Å²) in [6, 6.07) is 5.39. The third-order valence-electron chi connectivity index (χ3n) is 2.69. The van der Waals surface area contributed by atoms with Gasteiger partial charge in [-0.15, -0.1) is 0 Å². The van der Waals surface area contributed by atoms with Crippen molar-refractivity contribution in [2.75, 3.05) is 0 Å². The fraction of sp³-hybridized carbons (Fsp3) is 0.214. The molecule has 2 heterocycles. The summed E-state index contributed by atoms with van der Waals surface area (Å²) in [5.41, 5.74) is 4.57. The molecule has 0 radical (unpaired) electrons. The minimum absolute atomic E-state index is 0.280. The van der Waals surface area contributed by atoms with Gasteiger partial charge in [-0.1, -0.05) is 6.07 Å². The number of carbonyl (C=O) groups is 1. The van der Waals surface area contributed by atoms with Gasteiger partial charge in [0.05, 0.1) is 11.3 Å². The van der Waals surface area contributed by atoms with Crippen LogP contribution >= 0.6 is 0 Å². The summed E-state index contributed by atoms with van der Waals surface area (Å²) in [5.74, 6) is 1.01. The van der Waals surface area contributed by atoms with Crippen LogP contribution in [-0.4, -0.2) is 16.6 Å². The molecule has 0 aromatic carbocycles. The summed E-state index contributed by atoms with van der Waals surface area (Å²) in [6.07, 6.45) is 3.38. The maximum Gasteiger partial charge on any atom is 0.274 e. The molecule has 0 aliphatic rings. The smallest absolute Gasteiger partial charge is 0.274 e. The second kappa shape index (κ2) is 5.48. The minimum Gasteiger partial charge on any atom is -0.466 e. The number of carbonyl (C=O) groups excluding carboxylic acids is 1.